The van der Waals surface area contributed by atoms with E-state index in [1.54, 1.807) is 25.0 Å². The van der Waals surface area contributed by atoms with Crippen LogP contribution >= 0.6 is 0 Å². The zero-order valence-corrected chi connectivity index (χ0v) is 18.8. The summed E-state index contributed by atoms with van der Waals surface area (Å²) in [4.78, 5) is 18.1. The number of aryl methyl sites for hydroxylation is 2. The van der Waals surface area contributed by atoms with Gasteiger partial charge in [-0.2, -0.15) is 5.10 Å². The molecule has 1 amide bonds. The van der Waals surface area contributed by atoms with Crippen molar-refractivity contribution in [3.05, 3.63) is 77.1 Å². The van der Waals surface area contributed by atoms with Crippen LogP contribution in [0.2, 0.25) is 0 Å². The molecule has 0 saturated heterocycles. The highest BCUT2D eigenvalue weighted by Crippen LogP contribution is 2.30. The molecule has 0 aliphatic heterocycles. The SMILES string of the molecule is COc1ccc(OC)c([C@@H](C)NC(=O)c2cc(C)nc3c2c(C)nn3-c2ccccc2)c1. The highest BCUT2D eigenvalue weighted by molar-refractivity contribution is 6.07. The minimum Gasteiger partial charge on any atom is -0.497 e. The predicted molar refractivity (Wildman–Crippen MR) is 124 cm³/mol. The molecule has 1 N–H and O–H groups in total. The van der Waals surface area contributed by atoms with Gasteiger partial charge >= 0.3 is 0 Å². The molecule has 2 heterocycles. The highest BCUT2D eigenvalue weighted by Gasteiger charge is 2.22. The van der Waals surface area contributed by atoms with Gasteiger partial charge in [-0.25, -0.2) is 9.67 Å². The van der Waals surface area contributed by atoms with Crippen molar-refractivity contribution in [2.24, 2.45) is 0 Å². The summed E-state index contributed by atoms with van der Waals surface area (Å²) in [6, 6.07) is 16.8. The molecule has 0 spiro atoms. The second kappa shape index (κ2) is 8.70. The largest absolute Gasteiger partial charge is 0.497 e. The maximum atomic E-state index is 13.4. The fourth-order valence-electron chi connectivity index (χ4n) is 3.87. The van der Waals surface area contributed by atoms with Crippen LogP contribution in [0.4, 0.5) is 0 Å². The van der Waals surface area contributed by atoms with Gasteiger partial charge in [-0.1, -0.05) is 18.2 Å². The van der Waals surface area contributed by atoms with E-state index in [1.165, 1.54) is 0 Å². The molecular weight excluding hydrogens is 404 g/mol. The quantitative estimate of drug-likeness (QED) is 0.486. The predicted octanol–water partition coefficient (Wildman–Crippen LogP) is 4.55. The number of nitrogens with zero attached hydrogens (tertiary/aromatic N) is 3. The van der Waals surface area contributed by atoms with E-state index in [1.807, 2.05) is 69.3 Å². The van der Waals surface area contributed by atoms with Gasteiger partial charge < -0.3 is 14.8 Å². The van der Waals surface area contributed by atoms with Crippen molar-refractivity contribution in [3.8, 4) is 17.2 Å². The number of nitrogens with one attached hydrogen (secondary N) is 1. The maximum Gasteiger partial charge on any atom is 0.252 e. The van der Waals surface area contributed by atoms with Crippen molar-refractivity contribution < 1.29 is 14.3 Å². The number of hydrogen-bond donors (Lipinski definition) is 1. The van der Waals surface area contributed by atoms with Crippen molar-refractivity contribution in [3.63, 3.8) is 0 Å². The van der Waals surface area contributed by atoms with E-state index in [4.69, 9.17) is 9.47 Å². The molecule has 0 aliphatic rings. The van der Waals surface area contributed by atoms with Gasteiger partial charge in [-0.05, 0) is 57.2 Å². The number of amides is 1. The van der Waals surface area contributed by atoms with Gasteiger partial charge in [0.15, 0.2) is 5.65 Å². The first-order valence-electron chi connectivity index (χ1n) is 10.4. The minimum atomic E-state index is -0.305. The normalized spacial score (nSPS) is 11.9. The number of fused-ring (bicyclic) bond motifs is 1. The number of methoxy groups -OCH3 is 2. The van der Waals surface area contributed by atoms with Crippen LogP contribution in [0.1, 0.15) is 40.3 Å². The molecule has 0 radical (unpaired) electrons. The molecule has 164 valence electrons. The maximum absolute atomic E-state index is 13.4. The summed E-state index contributed by atoms with van der Waals surface area (Å²) in [5, 5.41) is 8.50. The summed E-state index contributed by atoms with van der Waals surface area (Å²) in [6.45, 7) is 5.69. The molecule has 2 aromatic carbocycles. The third-order valence-corrected chi connectivity index (χ3v) is 5.44. The summed E-state index contributed by atoms with van der Waals surface area (Å²) < 4.78 is 12.6. The molecule has 4 aromatic rings. The summed E-state index contributed by atoms with van der Waals surface area (Å²) in [5.41, 5.74) is 4.41. The summed E-state index contributed by atoms with van der Waals surface area (Å²) in [6.07, 6.45) is 0. The number of pyridine rings is 1. The highest BCUT2D eigenvalue weighted by atomic mass is 16.5. The first kappa shape index (κ1) is 21.4. The van der Waals surface area contributed by atoms with E-state index in [0.29, 0.717) is 22.7 Å². The smallest absolute Gasteiger partial charge is 0.252 e. The number of hydrogen-bond acceptors (Lipinski definition) is 5. The number of para-hydroxylation sites is 1. The lowest BCUT2D eigenvalue weighted by Gasteiger charge is -2.18. The minimum absolute atomic E-state index is 0.200. The second-order valence-electron chi connectivity index (χ2n) is 7.65. The van der Waals surface area contributed by atoms with Gasteiger partial charge in [0, 0.05) is 11.3 Å². The first-order valence-corrected chi connectivity index (χ1v) is 10.4. The second-order valence-corrected chi connectivity index (χ2v) is 7.65. The summed E-state index contributed by atoms with van der Waals surface area (Å²) in [7, 11) is 3.22. The van der Waals surface area contributed by atoms with Crippen LogP contribution < -0.4 is 14.8 Å². The van der Waals surface area contributed by atoms with Gasteiger partial charge in [0.1, 0.15) is 11.5 Å². The number of benzene rings is 2. The van der Waals surface area contributed by atoms with Crippen molar-refractivity contribution >= 4 is 16.9 Å². The number of carbonyl (C=O) groups is 1. The van der Waals surface area contributed by atoms with Crippen LogP contribution in [-0.4, -0.2) is 34.9 Å². The summed E-state index contributed by atoms with van der Waals surface area (Å²) >= 11 is 0. The molecule has 0 fully saturated rings. The zero-order valence-electron chi connectivity index (χ0n) is 18.8. The summed E-state index contributed by atoms with van der Waals surface area (Å²) in [5.74, 6) is 1.18. The fourth-order valence-corrected chi connectivity index (χ4v) is 3.87. The Morgan fingerprint density at radius 2 is 1.78 bits per heavy atom. The molecule has 4 rings (SSSR count). The lowest BCUT2D eigenvalue weighted by Crippen LogP contribution is -2.27. The van der Waals surface area contributed by atoms with Crippen molar-refractivity contribution in [2.45, 2.75) is 26.8 Å². The van der Waals surface area contributed by atoms with Gasteiger partial charge in [0.25, 0.3) is 5.91 Å². The Hall–Kier alpha value is -3.87. The van der Waals surface area contributed by atoms with Crippen molar-refractivity contribution in [1.29, 1.82) is 0 Å². The van der Waals surface area contributed by atoms with E-state index in [0.717, 1.165) is 28.0 Å². The van der Waals surface area contributed by atoms with Crippen LogP contribution in [0.5, 0.6) is 11.5 Å². The Morgan fingerprint density at radius 3 is 2.47 bits per heavy atom. The monoisotopic (exact) mass is 430 g/mol. The molecule has 0 bridgehead atoms. The average molecular weight is 431 g/mol. The molecule has 1 atom stereocenters. The van der Waals surface area contributed by atoms with Gasteiger partial charge in [-0.15, -0.1) is 0 Å². The van der Waals surface area contributed by atoms with Crippen LogP contribution in [-0.2, 0) is 0 Å². The van der Waals surface area contributed by atoms with Crippen molar-refractivity contribution in [1.82, 2.24) is 20.1 Å². The molecule has 2 aromatic heterocycles. The number of carbonyl (C=O) groups excluding carboxylic acids is 1. The third-order valence-electron chi connectivity index (χ3n) is 5.44. The topological polar surface area (TPSA) is 78.3 Å². The molecule has 0 saturated carbocycles. The Kier molecular flexibility index (Phi) is 5.81. The van der Waals surface area contributed by atoms with Crippen LogP contribution in [0.15, 0.2) is 54.6 Å². The molecular formula is C25H26N4O3. The van der Waals surface area contributed by atoms with Crippen LogP contribution in [0, 0.1) is 13.8 Å². The van der Waals surface area contributed by atoms with Gasteiger partial charge in [0.2, 0.25) is 0 Å². The average Bonchev–Trinajstić information content (AvgIpc) is 3.14. The van der Waals surface area contributed by atoms with E-state index in [2.05, 4.69) is 15.4 Å². The van der Waals surface area contributed by atoms with E-state index in [-0.39, 0.29) is 11.9 Å². The van der Waals surface area contributed by atoms with Crippen LogP contribution in [0.25, 0.3) is 16.7 Å². The van der Waals surface area contributed by atoms with E-state index >= 15 is 0 Å². The molecule has 7 nitrogen and oxygen atoms in total. The Balaban J connectivity index is 1.74. The lowest BCUT2D eigenvalue weighted by molar-refractivity contribution is 0.0941. The van der Waals surface area contributed by atoms with Gasteiger partial charge in [-0.3, -0.25) is 4.79 Å². The number of ether oxygens (including phenoxy) is 2. The molecule has 7 heteroatoms. The Morgan fingerprint density at radius 1 is 1.03 bits per heavy atom. The first-order chi connectivity index (χ1) is 15.4. The lowest BCUT2D eigenvalue weighted by atomic mass is 10.0. The van der Waals surface area contributed by atoms with E-state index < -0.39 is 0 Å². The Bertz CT molecular complexity index is 1280. The van der Waals surface area contributed by atoms with Gasteiger partial charge in [0.05, 0.1) is 42.6 Å². The van der Waals surface area contributed by atoms with E-state index in [9.17, 15) is 4.79 Å². The van der Waals surface area contributed by atoms with Crippen molar-refractivity contribution in [2.75, 3.05) is 14.2 Å². The zero-order chi connectivity index (χ0) is 22.8. The molecule has 0 aliphatic carbocycles. The molecule has 0 unspecified atom stereocenters. The Labute approximate surface area is 187 Å². The van der Waals surface area contributed by atoms with Crippen LogP contribution in [0.3, 0.4) is 0 Å². The third kappa shape index (κ3) is 3.89. The standard InChI is InChI=1S/C25H26N4O3/c1-15-13-21(23-17(3)28-29(24(23)26-15)18-9-7-6-8-10-18)25(30)27-16(2)20-14-19(31-4)11-12-22(20)32-5/h6-14,16H,1-5H3,(H,27,30)/t16-/m1/s1. The molecule has 32 heavy (non-hydrogen) atoms. The fraction of sp³-hybridized carbons (Fsp3) is 0.240. The number of aromatic nitrogens is 3. The number of rotatable bonds is 6.